The maximum Gasteiger partial charge on any atom is 0.251 e. The number of aromatic nitrogens is 5. The Labute approximate surface area is 173 Å². The second-order valence-corrected chi connectivity index (χ2v) is 7.08. The van der Waals surface area contributed by atoms with Crippen molar-refractivity contribution in [3.63, 3.8) is 0 Å². The fourth-order valence-electron chi connectivity index (χ4n) is 3.70. The average molecular weight is 396 g/mol. The van der Waals surface area contributed by atoms with Crippen molar-refractivity contribution in [2.24, 2.45) is 0 Å². The van der Waals surface area contributed by atoms with E-state index in [1.54, 1.807) is 0 Å². The Bertz CT molecular complexity index is 1350. The third-order valence-electron chi connectivity index (χ3n) is 5.12. The number of hydrogen-bond acceptors (Lipinski definition) is 4. The van der Waals surface area contributed by atoms with Gasteiger partial charge in [-0.2, -0.15) is 0 Å². The number of nitrogens with one attached hydrogen (secondary N) is 1. The summed E-state index contributed by atoms with van der Waals surface area (Å²) in [7, 11) is 0. The fourth-order valence-corrected chi connectivity index (χ4v) is 3.70. The van der Waals surface area contributed by atoms with Gasteiger partial charge in [-0.15, -0.1) is 10.2 Å². The molecule has 0 atom stereocenters. The Morgan fingerprint density at radius 1 is 1.00 bits per heavy atom. The molecule has 0 spiro atoms. The lowest BCUT2D eigenvalue weighted by Gasteiger charge is -2.07. The van der Waals surface area contributed by atoms with E-state index in [-0.39, 0.29) is 5.91 Å². The van der Waals surface area contributed by atoms with Crippen LogP contribution in [0.2, 0.25) is 0 Å². The average Bonchev–Trinajstić information content (AvgIpc) is 3.34. The number of fused-ring (bicyclic) bond motifs is 2. The largest absolute Gasteiger partial charge is 0.352 e. The molecule has 0 aliphatic heterocycles. The number of imidazole rings is 1. The monoisotopic (exact) mass is 396 g/mol. The van der Waals surface area contributed by atoms with Crippen LogP contribution >= 0.6 is 0 Å². The van der Waals surface area contributed by atoms with E-state index in [0.717, 1.165) is 34.0 Å². The molecule has 0 fully saturated rings. The maximum absolute atomic E-state index is 12.7. The van der Waals surface area contributed by atoms with Crippen molar-refractivity contribution in [2.75, 3.05) is 6.54 Å². The first-order valence-electron chi connectivity index (χ1n) is 9.82. The number of aryl methyl sites for hydroxylation is 1. The highest BCUT2D eigenvalue weighted by Gasteiger charge is 2.13. The SMILES string of the molecule is Cc1nc2cc(C(=O)NCCc3nnc4ccccn34)ccc2n1-c1ccccc1. The molecule has 5 aromatic rings. The molecule has 7 nitrogen and oxygen atoms in total. The van der Waals surface area contributed by atoms with Gasteiger partial charge in [0.1, 0.15) is 11.6 Å². The first-order chi connectivity index (χ1) is 14.7. The predicted molar refractivity (Wildman–Crippen MR) is 115 cm³/mol. The van der Waals surface area contributed by atoms with Gasteiger partial charge in [0.2, 0.25) is 0 Å². The number of benzene rings is 2. The molecule has 0 saturated carbocycles. The molecule has 0 saturated heterocycles. The smallest absolute Gasteiger partial charge is 0.251 e. The van der Waals surface area contributed by atoms with E-state index in [1.807, 2.05) is 84.3 Å². The van der Waals surface area contributed by atoms with Crippen LogP contribution in [0.15, 0.2) is 72.9 Å². The van der Waals surface area contributed by atoms with Gasteiger partial charge in [-0.1, -0.05) is 24.3 Å². The van der Waals surface area contributed by atoms with Crippen LogP contribution in [-0.2, 0) is 6.42 Å². The minimum absolute atomic E-state index is 0.127. The topological polar surface area (TPSA) is 77.1 Å². The normalized spacial score (nSPS) is 11.2. The second kappa shape index (κ2) is 7.44. The van der Waals surface area contributed by atoms with Crippen molar-refractivity contribution < 1.29 is 4.79 Å². The van der Waals surface area contributed by atoms with E-state index < -0.39 is 0 Å². The summed E-state index contributed by atoms with van der Waals surface area (Å²) >= 11 is 0. The summed E-state index contributed by atoms with van der Waals surface area (Å²) in [5.74, 6) is 1.57. The second-order valence-electron chi connectivity index (χ2n) is 7.08. The quantitative estimate of drug-likeness (QED) is 0.494. The van der Waals surface area contributed by atoms with Gasteiger partial charge in [0.25, 0.3) is 5.91 Å². The Kier molecular flexibility index (Phi) is 4.48. The van der Waals surface area contributed by atoms with E-state index >= 15 is 0 Å². The fraction of sp³-hybridized carbons (Fsp3) is 0.130. The summed E-state index contributed by atoms with van der Waals surface area (Å²) in [6, 6.07) is 21.5. The van der Waals surface area contributed by atoms with Crippen LogP contribution in [0, 0.1) is 6.92 Å². The lowest BCUT2D eigenvalue weighted by Crippen LogP contribution is -2.26. The molecule has 0 bridgehead atoms. The van der Waals surface area contributed by atoms with Gasteiger partial charge in [-0.25, -0.2) is 4.98 Å². The van der Waals surface area contributed by atoms with Crippen LogP contribution in [0.25, 0.3) is 22.4 Å². The zero-order valence-electron chi connectivity index (χ0n) is 16.5. The third-order valence-corrected chi connectivity index (χ3v) is 5.12. The molecule has 0 unspecified atom stereocenters. The molecule has 1 N–H and O–H groups in total. The van der Waals surface area contributed by atoms with Crippen LogP contribution in [0.4, 0.5) is 0 Å². The Balaban J connectivity index is 1.33. The maximum atomic E-state index is 12.7. The van der Waals surface area contributed by atoms with E-state index in [4.69, 9.17) is 0 Å². The zero-order chi connectivity index (χ0) is 20.5. The molecular formula is C23H20N6O. The number of hydrogen-bond donors (Lipinski definition) is 1. The standard InChI is InChI=1S/C23H20N6O/c1-16-25-19-15-17(10-11-20(19)29(16)18-7-3-2-4-8-18)23(30)24-13-12-22-27-26-21-9-5-6-14-28(21)22/h2-11,14-15H,12-13H2,1H3,(H,24,30). The van der Waals surface area contributed by atoms with Gasteiger partial charge in [-0.3, -0.25) is 13.8 Å². The molecule has 0 radical (unpaired) electrons. The first kappa shape index (κ1) is 18.1. The Hall–Kier alpha value is -4.00. The van der Waals surface area contributed by atoms with Gasteiger partial charge in [-0.05, 0) is 49.4 Å². The van der Waals surface area contributed by atoms with Gasteiger partial charge >= 0.3 is 0 Å². The van der Waals surface area contributed by atoms with Crippen molar-refractivity contribution in [2.45, 2.75) is 13.3 Å². The van der Waals surface area contributed by atoms with Crippen molar-refractivity contribution >= 4 is 22.6 Å². The van der Waals surface area contributed by atoms with Gasteiger partial charge in [0.15, 0.2) is 5.65 Å². The van der Waals surface area contributed by atoms with E-state index in [0.29, 0.717) is 18.5 Å². The number of nitrogens with zero attached hydrogens (tertiary/aromatic N) is 5. The molecule has 7 heteroatoms. The molecule has 148 valence electrons. The number of rotatable bonds is 5. The van der Waals surface area contributed by atoms with Gasteiger partial charge < -0.3 is 5.32 Å². The molecular weight excluding hydrogens is 376 g/mol. The molecule has 2 aromatic carbocycles. The molecule has 1 amide bonds. The van der Waals surface area contributed by atoms with Crippen molar-refractivity contribution in [3.8, 4) is 5.69 Å². The highest BCUT2D eigenvalue weighted by molar-refractivity contribution is 5.97. The molecule has 5 rings (SSSR count). The van der Waals surface area contributed by atoms with Crippen LogP contribution in [0.3, 0.4) is 0 Å². The van der Waals surface area contributed by atoms with Crippen molar-refractivity contribution in [3.05, 3.63) is 90.1 Å². The summed E-state index contributed by atoms with van der Waals surface area (Å²) in [4.78, 5) is 17.3. The summed E-state index contributed by atoms with van der Waals surface area (Å²) < 4.78 is 4.02. The molecule has 0 aliphatic rings. The molecule has 0 aliphatic carbocycles. The number of pyridine rings is 1. The van der Waals surface area contributed by atoms with Crippen LogP contribution < -0.4 is 5.32 Å². The van der Waals surface area contributed by atoms with Crippen molar-refractivity contribution in [1.29, 1.82) is 0 Å². The van der Waals surface area contributed by atoms with E-state index in [1.165, 1.54) is 0 Å². The van der Waals surface area contributed by atoms with E-state index in [9.17, 15) is 4.79 Å². The van der Waals surface area contributed by atoms with E-state index in [2.05, 4.69) is 25.1 Å². The molecule has 30 heavy (non-hydrogen) atoms. The third kappa shape index (κ3) is 3.20. The summed E-state index contributed by atoms with van der Waals surface area (Å²) in [6.45, 7) is 2.44. The number of carbonyl (C=O) groups excluding carboxylic acids is 1. The first-order valence-corrected chi connectivity index (χ1v) is 9.82. The Morgan fingerprint density at radius 3 is 2.70 bits per heavy atom. The highest BCUT2D eigenvalue weighted by atomic mass is 16.1. The van der Waals surface area contributed by atoms with Crippen molar-refractivity contribution in [1.82, 2.24) is 29.5 Å². The summed E-state index contributed by atoms with van der Waals surface area (Å²) in [5.41, 5.74) is 4.22. The zero-order valence-corrected chi connectivity index (χ0v) is 16.5. The summed E-state index contributed by atoms with van der Waals surface area (Å²) in [5, 5.41) is 11.3. The number of amides is 1. The lowest BCUT2D eigenvalue weighted by atomic mass is 10.2. The van der Waals surface area contributed by atoms with Gasteiger partial charge in [0, 0.05) is 30.4 Å². The highest BCUT2D eigenvalue weighted by Crippen LogP contribution is 2.22. The van der Waals surface area contributed by atoms with Gasteiger partial charge in [0.05, 0.1) is 11.0 Å². The number of para-hydroxylation sites is 1. The summed E-state index contributed by atoms with van der Waals surface area (Å²) in [6.07, 6.45) is 2.52. The Morgan fingerprint density at radius 2 is 1.83 bits per heavy atom. The molecule has 3 heterocycles. The number of carbonyl (C=O) groups is 1. The minimum Gasteiger partial charge on any atom is -0.352 e. The van der Waals surface area contributed by atoms with Crippen LogP contribution in [0.1, 0.15) is 22.0 Å². The predicted octanol–water partition coefficient (Wildman–Crippen LogP) is 3.35. The van der Waals surface area contributed by atoms with Crippen LogP contribution in [-0.4, -0.2) is 36.6 Å². The minimum atomic E-state index is -0.127. The molecule has 3 aromatic heterocycles. The lowest BCUT2D eigenvalue weighted by molar-refractivity contribution is 0.0954. The van der Waals surface area contributed by atoms with Crippen LogP contribution in [0.5, 0.6) is 0 Å².